The van der Waals surface area contributed by atoms with Crippen LogP contribution in [0.2, 0.25) is 0 Å². The maximum atomic E-state index is 4.75. The van der Waals surface area contributed by atoms with E-state index in [1.54, 1.807) is 23.1 Å². The number of hydrogen-bond donors (Lipinski definition) is 0. The van der Waals surface area contributed by atoms with Crippen molar-refractivity contribution in [2.75, 3.05) is 0 Å². The monoisotopic (exact) mass is 358 g/mol. The Balaban J connectivity index is 1.74. The molecule has 4 nitrogen and oxygen atoms in total. The first-order valence-corrected chi connectivity index (χ1v) is 10.00. The third-order valence-electron chi connectivity index (χ3n) is 3.65. The molecule has 0 atom stereocenters. The van der Waals surface area contributed by atoms with Crippen LogP contribution in [0.25, 0.3) is 10.6 Å². The van der Waals surface area contributed by atoms with E-state index in [0.29, 0.717) is 12.0 Å². The second kappa shape index (κ2) is 7.49. The van der Waals surface area contributed by atoms with Crippen LogP contribution in [0.3, 0.4) is 0 Å². The van der Waals surface area contributed by atoms with Crippen molar-refractivity contribution in [3.8, 4) is 10.6 Å². The van der Waals surface area contributed by atoms with E-state index in [2.05, 4.69) is 60.0 Å². The predicted octanol–water partition coefficient (Wildman–Crippen LogP) is 5.40. The summed E-state index contributed by atoms with van der Waals surface area (Å²) in [5, 5.41) is 12.9. The van der Waals surface area contributed by atoms with E-state index in [-0.39, 0.29) is 0 Å². The fourth-order valence-corrected chi connectivity index (χ4v) is 4.39. The van der Waals surface area contributed by atoms with Crippen molar-refractivity contribution >= 4 is 23.1 Å². The van der Waals surface area contributed by atoms with Gasteiger partial charge < -0.3 is 4.57 Å². The van der Waals surface area contributed by atoms with Crippen molar-refractivity contribution in [1.29, 1.82) is 0 Å². The summed E-state index contributed by atoms with van der Waals surface area (Å²) < 4.78 is 2.24. The zero-order valence-electron chi connectivity index (χ0n) is 14.4. The van der Waals surface area contributed by atoms with Gasteiger partial charge in [0.15, 0.2) is 5.16 Å². The normalized spacial score (nSPS) is 11.6. The Labute approximate surface area is 151 Å². The van der Waals surface area contributed by atoms with Gasteiger partial charge in [-0.2, -0.15) is 0 Å². The Hall–Kier alpha value is -1.66. The molecule has 0 fully saturated rings. The topological polar surface area (TPSA) is 43.6 Å². The molecule has 2 heterocycles. The summed E-state index contributed by atoms with van der Waals surface area (Å²) in [4.78, 5) is 4.75. The first-order chi connectivity index (χ1) is 11.6. The number of rotatable bonds is 6. The Morgan fingerprint density at radius 3 is 2.50 bits per heavy atom. The summed E-state index contributed by atoms with van der Waals surface area (Å²) in [6.07, 6.45) is 0. The van der Waals surface area contributed by atoms with E-state index in [9.17, 15) is 0 Å². The van der Waals surface area contributed by atoms with E-state index < -0.39 is 0 Å². The minimum atomic E-state index is 0.357. The summed E-state index contributed by atoms with van der Waals surface area (Å²) in [5.41, 5.74) is 2.26. The second-order valence-electron chi connectivity index (χ2n) is 6.26. The number of thioether (sulfide) groups is 1. The lowest BCUT2D eigenvalue weighted by atomic mass is 10.2. The molecule has 0 aliphatic heterocycles. The highest BCUT2D eigenvalue weighted by atomic mass is 32.2. The highest BCUT2D eigenvalue weighted by molar-refractivity contribution is 7.98. The van der Waals surface area contributed by atoms with Crippen molar-refractivity contribution in [3.05, 3.63) is 47.2 Å². The Morgan fingerprint density at radius 1 is 1.08 bits per heavy atom. The molecule has 0 aliphatic carbocycles. The van der Waals surface area contributed by atoms with E-state index >= 15 is 0 Å². The van der Waals surface area contributed by atoms with E-state index in [0.717, 1.165) is 27.4 Å². The van der Waals surface area contributed by atoms with Crippen molar-refractivity contribution < 1.29 is 0 Å². The molecular formula is C18H22N4S2. The van der Waals surface area contributed by atoms with E-state index in [1.807, 2.05) is 18.2 Å². The average molecular weight is 359 g/mol. The molecular weight excluding hydrogens is 336 g/mol. The summed E-state index contributed by atoms with van der Waals surface area (Å²) in [6, 6.07) is 10.7. The van der Waals surface area contributed by atoms with E-state index in [4.69, 9.17) is 4.98 Å². The molecule has 24 heavy (non-hydrogen) atoms. The maximum absolute atomic E-state index is 4.75. The van der Waals surface area contributed by atoms with Gasteiger partial charge >= 0.3 is 0 Å². The molecule has 3 rings (SSSR count). The fraction of sp³-hybridized carbons (Fsp3) is 0.389. The molecule has 0 saturated heterocycles. The van der Waals surface area contributed by atoms with Crippen molar-refractivity contribution in [1.82, 2.24) is 19.7 Å². The number of aromatic nitrogens is 4. The molecule has 6 heteroatoms. The van der Waals surface area contributed by atoms with Gasteiger partial charge in [-0.3, -0.25) is 0 Å². The zero-order valence-corrected chi connectivity index (χ0v) is 16.1. The van der Waals surface area contributed by atoms with Crippen LogP contribution in [0.5, 0.6) is 0 Å². The average Bonchev–Trinajstić information content (AvgIpc) is 3.20. The minimum Gasteiger partial charge on any atom is -0.303 e. The van der Waals surface area contributed by atoms with E-state index in [1.165, 1.54) is 5.56 Å². The second-order valence-corrected chi connectivity index (χ2v) is 8.06. The molecule has 0 amide bonds. The van der Waals surface area contributed by atoms with Gasteiger partial charge in [0.2, 0.25) is 0 Å². The van der Waals surface area contributed by atoms with Crippen LogP contribution < -0.4 is 0 Å². The Morgan fingerprint density at radius 2 is 1.83 bits per heavy atom. The molecule has 0 unspecified atom stereocenters. The van der Waals surface area contributed by atoms with Crippen LogP contribution in [-0.2, 0) is 5.75 Å². The maximum Gasteiger partial charge on any atom is 0.191 e. The summed E-state index contributed by atoms with van der Waals surface area (Å²) in [7, 11) is 0. The lowest BCUT2D eigenvalue weighted by Gasteiger charge is -2.15. The van der Waals surface area contributed by atoms with Crippen LogP contribution in [0.4, 0.5) is 0 Å². The lowest BCUT2D eigenvalue weighted by Crippen LogP contribution is -2.09. The quantitative estimate of drug-likeness (QED) is 0.554. The number of thiazole rings is 1. The summed E-state index contributed by atoms with van der Waals surface area (Å²) in [5.74, 6) is 2.24. The van der Waals surface area contributed by atoms with Gasteiger partial charge in [-0.05, 0) is 13.8 Å². The first kappa shape index (κ1) is 17.2. The van der Waals surface area contributed by atoms with Gasteiger partial charge in [0.1, 0.15) is 10.8 Å². The number of hydrogen-bond acceptors (Lipinski definition) is 5. The Bertz CT molecular complexity index is 790. The van der Waals surface area contributed by atoms with Crippen molar-refractivity contribution in [2.24, 2.45) is 0 Å². The van der Waals surface area contributed by atoms with Gasteiger partial charge in [-0.1, -0.05) is 55.9 Å². The predicted molar refractivity (Wildman–Crippen MR) is 102 cm³/mol. The first-order valence-electron chi connectivity index (χ1n) is 8.13. The summed E-state index contributed by atoms with van der Waals surface area (Å²) >= 11 is 3.40. The largest absolute Gasteiger partial charge is 0.303 e. The molecule has 2 aromatic heterocycles. The summed E-state index contributed by atoms with van der Waals surface area (Å²) in [6.45, 7) is 8.67. The third kappa shape index (κ3) is 3.70. The molecule has 0 aliphatic rings. The molecule has 126 valence electrons. The van der Waals surface area contributed by atoms with Gasteiger partial charge in [-0.25, -0.2) is 4.98 Å². The Kier molecular flexibility index (Phi) is 5.36. The molecule has 1 aromatic carbocycles. The van der Waals surface area contributed by atoms with Crippen molar-refractivity contribution in [2.45, 2.75) is 50.6 Å². The van der Waals surface area contributed by atoms with Crippen LogP contribution in [0.15, 0.2) is 40.9 Å². The zero-order chi connectivity index (χ0) is 17.1. The fourth-order valence-electron chi connectivity index (χ4n) is 2.49. The van der Waals surface area contributed by atoms with Crippen LogP contribution in [0, 0.1) is 0 Å². The number of benzene rings is 1. The molecule has 0 saturated carbocycles. The van der Waals surface area contributed by atoms with Crippen LogP contribution in [0.1, 0.15) is 51.2 Å². The molecule has 0 spiro atoms. The van der Waals surface area contributed by atoms with Crippen LogP contribution in [-0.4, -0.2) is 19.7 Å². The molecule has 3 aromatic rings. The molecule has 0 N–H and O–H groups in total. The highest BCUT2D eigenvalue weighted by Crippen LogP contribution is 2.30. The highest BCUT2D eigenvalue weighted by Gasteiger charge is 2.18. The molecule has 0 bridgehead atoms. The van der Waals surface area contributed by atoms with Gasteiger partial charge in [0, 0.05) is 28.7 Å². The lowest BCUT2D eigenvalue weighted by molar-refractivity contribution is 0.512. The minimum absolute atomic E-state index is 0.357. The number of nitrogens with zero attached hydrogens (tertiary/aromatic N) is 4. The van der Waals surface area contributed by atoms with Crippen molar-refractivity contribution in [3.63, 3.8) is 0 Å². The molecule has 0 radical (unpaired) electrons. The third-order valence-corrected chi connectivity index (χ3v) is 5.56. The van der Waals surface area contributed by atoms with Gasteiger partial charge in [-0.15, -0.1) is 21.5 Å². The van der Waals surface area contributed by atoms with Gasteiger partial charge in [0.25, 0.3) is 0 Å². The van der Waals surface area contributed by atoms with Crippen LogP contribution >= 0.6 is 23.1 Å². The SMILES string of the molecule is CC(C)c1nnc(SCc2csc(-c3ccccc3)n2)n1C(C)C. The van der Waals surface area contributed by atoms with Gasteiger partial charge in [0.05, 0.1) is 5.69 Å². The standard InChI is InChI=1S/C18H22N4S2/c1-12(2)16-20-21-18(22(16)13(3)4)24-11-15-10-23-17(19-15)14-8-6-5-7-9-14/h5-10,12-13H,11H2,1-4H3. The smallest absolute Gasteiger partial charge is 0.191 e.